The van der Waals surface area contributed by atoms with Crippen LogP contribution in [0.3, 0.4) is 0 Å². The van der Waals surface area contributed by atoms with Crippen LogP contribution in [0.1, 0.15) is 12.5 Å². The third-order valence-corrected chi connectivity index (χ3v) is 3.78. The van der Waals surface area contributed by atoms with Gasteiger partial charge < -0.3 is 0 Å². The lowest BCUT2D eigenvalue weighted by molar-refractivity contribution is -0.116. The van der Waals surface area contributed by atoms with E-state index < -0.39 is 0 Å². The van der Waals surface area contributed by atoms with Crippen LogP contribution < -0.4 is 5.69 Å². The summed E-state index contributed by atoms with van der Waals surface area (Å²) in [4.78, 5) is 23.2. The van der Waals surface area contributed by atoms with Crippen LogP contribution in [0.5, 0.6) is 0 Å². The molecule has 0 spiro atoms. The average Bonchev–Trinajstić information content (AvgIpc) is 2.79. The zero-order valence-electron chi connectivity index (χ0n) is 10.9. The fraction of sp³-hybridized carbons (Fsp3) is 0.308. The number of nitrogens with one attached hydrogen (secondary N) is 1. The molecule has 7 heteroatoms. The minimum atomic E-state index is -0.379. The van der Waals surface area contributed by atoms with Crippen molar-refractivity contribution in [3.8, 4) is 0 Å². The number of halogens is 1. The summed E-state index contributed by atoms with van der Waals surface area (Å²) in [7, 11) is 0. The van der Waals surface area contributed by atoms with E-state index in [4.69, 9.17) is 0 Å². The molecule has 0 saturated heterocycles. The Bertz CT molecular complexity index is 666. The molecule has 0 aliphatic carbocycles. The van der Waals surface area contributed by atoms with Crippen molar-refractivity contribution < 1.29 is 9.18 Å². The Balaban J connectivity index is 1.96. The van der Waals surface area contributed by atoms with Gasteiger partial charge >= 0.3 is 5.69 Å². The van der Waals surface area contributed by atoms with E-state index in [-0.39, 0.29) is 29.5 Å². The Kier molecular flexibility index (Phi) is 4.73. The van der Waals surface area contributed by atoms with Gasteiger partial charge in [0.1, 0.15) is 11.6 Å². The van der Waals surface area contributed by atoms with Crippen molar-refractivity contribution in [3.05, 3.63) is 46.1 Å². The number of rotatable bonds is 6. The summed E-state index contributed by atoms with van der Waals surface area (Å²) in [5.74, 6) is -0.340. The molecule has 20 heavy (non-hydrogen) atoms. The summed E-state index contributed by atoms with van der Waals surface area (Å²) in [6.07, 6.45) is 0.0421. The molecule has 0 radical (unpaired) electrons. The van der Waals surface area contributed by atoms with E-state index in [2.05, 4.69) is 10.2 Å². The lowest BCUT2D eigenvalue weighted by Gasteiger charge is -2.03. The summed E-state index contributed by atoms with van der Waals surface area (Å²) >= 11 is 1.17. The second-order valence-electron chi connectivity index (χ2n) is 4.15. The quantitative estimate of drug-likeness (QED) is 0.823. The molecule has 0 amide bonds. The van der Waals surface area contributed by atoms with E-state index in [0.29, 0.717) is 17.3 Å². The Morgan fingerprint density at radius 3 is 2.90 bits per heavy atom. The van der Waals surface area contributed by atoms with Crippen LogP contribution in [0, 0.1) is 5.82 Å². The summed E-state index contributed by atoms with van der Waals surface area (Å²) in [6, 6.07) is 6.20. The molecule has 0 saturated carbocycles. The van der Waals surface area contributed by atoms with Crippen molar-refractivity contribution in [2.24, 2.45) is 0 Å². The second kappa shape index (κ2) is 6.51. The van der Waals surface area contributed by atoms with Gasteiger partial charge in [-0.1, -0.05) is 30.0 Å². The molecule has 0 fully saturated rings. The second-order valence-corrected chi connectivity index (χ2v) is 5.09. The summed E-state index contributed by atoms with van der Waals surface area (Å²) in [6.45, 7) is 2.31. The number of carbonyl (C=O) groups excluding carboxylic acids is 1. The van der Waals surface area contributed by atoms with Crippen LogP contribution in [0.4, 0.5) is 4.39 Å². The highest BCUT2D eigenvalue weighted by molar-refractivity contribution is 7.99. The van der Waals surface area contributed by atoms with Crippen molar-refractivity contribution in [1.82, 2.24) is 14.8 Å². The van der Waals surface area contributed by atoms with E-state index in [1.54, 1.807) is 18.2 Å². The van der Waals surface area contributed by atoms with Crippen molar-refractivity contribution in [2.75, 3.05) is 5.75 Å². The molecule has 106 valence electrons. The van der Waals surface area contributed by atoms with Gasteiger partial charge in [0.2, 0.25) is 0 Å². The third kappa shape index (κ3) is 3.36. The first-order valence-corrected chi connectivity index (χ1v) is 7.13. The molecule has 2 aromatic rings. The number of ketones is 1. The molecule has 0 aliphatic heterocycles. The number of Topliss-reactive ketones (excluding diaryl/α,β-unsaturated/α-hetero) is 1. The van der Waals surface area contributed by atoms with Gasteiger partial charge in [0, 0.05) is 13.0 Å². The normalized spacial score (nSPS) is 10.7. The standard InChI is InChI=1S/C13H14FN3O2S/c1-2-17-12(19)15-16-13(17)20-8-10(18)7-9-5-3-4-6-11(9)14/h3-6H,2,7-8H2,1H3,(H,15,19). The molecule has 0 aliphatic rings. The highest BCUT2D eigenvalue weighted by atomic mass is 32.2. The summed E-state index contributed by atoms with van der Waals surface area (Å²) in [5.41, 5.74) is 0.0876. The first-order chi connectivity index (χ1) is 9.61. The van der Waals surface area contributed by atoms with E-state index in [0.717, 1.165) is 0 Å². The Labute approximate surface area is 119 Å². The van der Waals surface area contributed by atoms with Crippen LogP contribution in [0.15, 0.2) is 34.2 Å². The van der Waals surface area contributed by atoms with E-state index in [9.17, 15) is 14.0 Å². The predicted octanol–water partition coefficient (Wildman–Crippen LogP) is 1.63. The molecule has 1 aromatic heterocycles. The minimum Gasteiger partial charge on any atom is -0.298 e. The molecule has 0 bridgehead atoms. The van der Waals surface area contributed by atoms with Crippen molar-refractivity contribution in [1.29, 1.82) is 0 Å². The monoisotopic (exact) mass is 295 g/mol. The van der Waals surface area contributed by atoms with Gasteiger partial charge in [0.25, 0.3) is 0 Å². The highest BCUT2D eigenvalue weighted by Gasteiger charge is 2.12. The molecular weight excluding hydrogens is 281 g/mol. The van der Waals surface area contributed by atoms with Crippen LogP contribution in [-0.4, -0.2) is 26.3 Å². The maximum atomic E-state index is 13.4. The van der Waals surface area contributed by atoms with Crippen molar-refractivity contribution in [3.63, 3.8) is 0 Å². The van der Waals surface area contributed by atoms with Crippen LogP contribution in [0.2, 0.25) is 0 Å². The lowest BCUT2D eigenvalue weighted by atomic mass is 10.1. The first-order valence-electron chi connectivity index (χ1n) is 6.15. The average molecular weight is 295 g/mol. The minimum absolute atomic E-state index is 0.0421. The summed E-state index contributed by atoms with van der Waals surface area (Å²) in [5, 5.41) is 6.65. The molecule has 1 aromatic carbocycles. The number of aromatic amines is 1. The van der Waals surface area contributed by atoms with Crippen LogP contribution in [0.25, 0.3) is 0 Å². The van der Waals surface area contributed by atoms with E-state index in [1.165, 1.54) is 22.4 Å². The first kappa shape index (κ1) is 14.5. The number of thioether (sulfide) groups is 1. The number of H-pyrrole nitrogens is 1. The van der Waals surface area contributed by atoms with E-state index in [1.807, 2.05) is 6.92 Å². The predicted molar refractivity (Wildman–Crippen MR) is 74.4 cm³/mol. The molecule has 0 atom stereocenters. The molecule has 1 N–H and O–H groups in total. The topological polar surface area (TPSA) is 67.8 Å². The zero-order valence-corrected chi connectivity index (χ0v) is 11.7. The van der Waals surface area contributed by atoms with Gasteiger partial charge in [-0.2, -0.15) is 0 Å². The van der Waals surface area contributed by atoms with Gasteiger partial charge in [-0.15, -0.1) is 5.10 Å². The van der Waals surface area contributed by atoms with Gasteiger partial charge in [-0.05, 0) is 18.6 Å². The number of benzene rings is 1. The number of hydrogen-bond donors (Lipinski definition) is 1. The van der Waals surface area contributed by atoms with Crippen LogP contribution >= 0.6 is 11.8 Å². The molecule has 0 unspecified atom stereocenters. The van der Waals surface area contributed by atoms with Gasteiger partial charge in [0.05, 0.1) is 5.75 Å². The van der Waals surface area contributed by atoms with Gasteiger partial charge in [-0.3, -0.25) is 9.36 Å². The number of nitrogens with zero attached hydrogens (tertiary/aromatic N) is 2. The lowest BCUT2D eigenvalue weighted by Crippen LogP contribution is -2.16. The Morgan fingerprint density at radius 1 is 1.45 bits per heavy atom. The highest BCUT2D eigenvalue weighted by Crippen LogP contribution is 2.15. The van der Waals surface area contributed by atoms with Gasteiger partial charge in [0.15, 0.2) is 5.16 Å². The molecule has 1 heterocycles. The Morgan fingerprint density at radius 2 is 2.20 bits per heavy atom. The number of aromatic nitrogens is 3. The fourth-order valence-corrected chi connectivity index (χ4v) is 2.61. The SMILES string of the molecule is CCn1c(SCC(=O)Cc2ccccc2F)n[nH]c1=O. The molecule has 5 nitrogen and oxygen atoms in total. The maximum Gasteiger partial charge on any atom is 0.343 e. The van der Waals surface area contributed by atoms with Crippen LogP contribution in [-0.2, 0) is 17.8 Å². The zero-order chi connectivity index (χ0) is 14.5. The number of carbonyl (C=O) groups is 1. The summed E-state index contributed by atoms with van der Waals surface area (Å²) < 4.78 is 14.9. The van der Waals surface area contributed by atoms with E-state index >= 15 is 0 Å². The number of hydrogen-bond acceptors (Lipinski definition) is 4. The molecule has 2 rings (SSSR count). The maximum absolute atomic E-state index is 13.4. The Hall–Kier alpha value is -1.89. The van der Waals surface area contributed by atoms with Gasteiger partial charge in [-0.25, -0.2) is 14.3 Å². The van der Waals surface area contributed by atoms with Crippen molar-refractivity contribution >= 4 is 17.5 Å². The third-order valence-electron chi connectivity index (χ3n) is 2.75. The fourth-order valence-electron chi connectivity index (χ4n) is 1.74. The smallest absolute Gasteiger partial charge is 0.298 e. The largest absolute Gasteiger partial charge is 0.343 e. The molecular formula is C13H14FN3O2S. The van der Waals surface area contributed by atoms with Crippen molar-refractivity contribution in [2.45, 2.75) is 25.0 Å².